The van der Waals surface area contributed by atoms with Gasteiger partial charge in [0.1, 0.15) is 27.3 Å². The smallest absolute Gasteiger partial charge is 0.267 e. The lowest BCUT2D eigenvalue weighted by Gasteiger charge is -2.14. The lowest BCUT2D eigenvalue weighted by atomic mass is 10.2. The van der Waals surface area contributed by atoms with Crippen LogP contribution in [0, 0.1) is 0 Å². The number of rotatable bonds is 7. The van der Waals surface area contributed by atoms with Gasteiger partial charge in [0.2, 0.25) is 0 Å². The monoisotopic (exact) mass is 504 g/mol. The number of hydrogen-bond acceptors (Lipinski definition) is 8. The van der Waals surface area contributed by atoms with Crippen molar-refractivity contribution >= 4 is 51.7 Å². The molecule has 0 bridgehead atoms. The summed E-state index contributed by atoms with van der Waals surface area (Å²) in [5.41, 5.74) is 1.38. The van der Waals surface area contributed by atoms with Gasteiger partial charge in [-0.15, -0.1) is 0 Å². The summed E-state index contributed by atoms with van der Waals surface area (Å²) in [7, 11) is 1.60. The van der Waals surface area contributed by atoms with Gasteiger partial charge in [-0.2, -0.15) is 0 Å². The molecule has 4 heterocycles. The Bertz CT molecular complexity index is 1490. The number of carbonyl (C=O) groups is 1. The van der Waals surface area contributed by atoms with Gasteiger partial charge in [0, 0.05) is 6.20 Å². The Morgan fingerprint density at radius 3 is 2.71 bits per heavy atom. The normalized spacial score (nSPS) is 14.8. The Morgan fingerprint density at radius 2 is 1.97 bits per heavy atom. The van der Waals surface area contributed by atoms with Gasteiger partial charge >= 0.3 is 0 Å². The summed E-state index contributed by atoms with van der Waals surface area (Å²) in [5, 5.41) is 3.17. The molecule has 0 radical (unpaired) electrons. The van der Waals surface area contributed by atoms with E-state index >= 15 is 0 Å². The number of aromatic nitrogens is 2. The van der Waals surface area contributed by atoms with Crippen molar-refractivity contribution in [2.75, 3.05) is 12.4 Å². The fourth-order valence-corrected chi connectivity index (χ4v) is 4.87. The van der Waals surface area contributed by atoms with E-state index in [1.807, 2.05) is 36.4 Å². The third kappa shape index (κ3) is 4.71. The van der Waals surface area contributed by atoms with Crippen molar-refractivity contribution in [2.45, 2.75) is 13.1 Å². The van der Waals surface area contributed by atoms with Gasteiger partial charge in [-0.1, -0.05) is 42.2 Å². The van der Waals surface area contributed by atoms with Crippen LogP contribution in [0.1, 0.15) is 16.9 Å². The number of hydrogen-bond donors (Lipinski definition) is 1. The molecule has 1 saturated heterocycles. The predicted molar refractivity (Wildman–Crippen MR) is 139 cm³/mol. The first-order chi connectivity index (χ1) is 17.0. The lowest BCUT2D eigenvalue weighted by molar-refractivity contribution is -0.122. The van der Waals surface area contributed by atoms with Gasteiger partial charge < -0.3 is 14.5 Å². The summed E-state index contributed by atoms with van der Waals surface area (Å²) in [6, 6.07) is 16.4. The lowest BCUT2D eigenvalue weighted by Crippen LogP contribution is -2.27. The number of carbonyl (C=O) groups excluding carboxylic acids is 1. The van der Waals surface area contributed by atoms with Crippen LogP contribution in [-0.4, -0.2) is 31.6 Å². The molecule has 5 rings (SSSR count). The van der Waals surface area contributed by atoms with E-state index in [1.165, 1.54) is 9.30 Å². The van der Waals surface area contributed by atoms with E-state index in [2.05, 4.69) is 10.3 Å². The molecule has 0 unspecified atom stereocenters. The highest BCUT2D eigenvalue weighted by Crippen LogP contribution is 2.34. The van der Waals surface area contributed by atoms with Crippen LogP contribution in [0.15, 0.2) is 81.2 Å². The topological polar surface area (TPSA) is 89.1 Å². The van der Waals surface area contributed by atoms with Gasteiger partial charge in [0.15, 0.2) is 0 Å². The van der Waals surface area contributed by atoms with Crippen LogP contribution >= 0.6 is 24.0 Å². The van der Waals surface area contributed by atoms with E-state index in [0.29, 0.717) is 39.5 Å². The number of thioether (sulfide) groups is 1. The first-order valence-electron chi connectivity index (χ1n) is 10.7. The highest BCUT2D eigenvalue weighted by atomic mass is 32.2. The van der Waals surface area contributed by atoms with Gasteiger partial charge in [-0.3, -0.25) is 18.9 Å². The second-order valence-electron chi connectivity index (χ2n) is 7.66. The molecule has 10 heteroatoms. The number of ether oxygens (including phenoxy) is 1. The third-order valence-corrected chi connectivity index (χ3v) is 6.81. The first kappa shape index (κ1) is 22.9. The fraction of sp³-hybridized carbons (Fsp3) is 0.120. The summed E-state index contributed by atoms with van der Waals surface area (Å²) in [6.45, 7) is 0.659. The number of thiocarbonyl (C=S) groups is 1. The van der Waals surface area contributed by atoms with Crippen LogP contribution in [-0.2, 0) is 17.9 Å². The van der Waals surface area contributed by atoms with Crippen molar-refractivity contribution < 1.29 is 13.9 Å². The minimum Gasteiger partial charge on any atom is -0.497 e. The van der Waals surface area contributed by atoms with Crippen molar-refractivity contribution in [3.05, 3.63) is 99.2 Å². The molecular formula is C25H20N4O4S2. The van der Waals surface area contributed by atoms with Crippen LogP contribution in [0.5, 0.6) is 5.75 Å². The van der Waals surface area contributed by atoms with E-state index in [9.17, 15) is 9.59 Å². The number of anilines is 1. The molecule has 0 saturated carbocycles. The molecule has 0 spiro atoms. The molecule has 0 aliphatic carbocycles. The zero-order valence-electron chi connectivity index (χ0n) is 18.6. The van der Waals surface area contributed by atoms with Crippen molar-refractivity contribution in [2.24, 2.45) is 0 Å². The molecule has 1 aliphatic rings. The van der Waals surface area contributed by atoms with Gasteiger partial charge in [0.25, 0.3) is 11.5 Å². The summed E-state index contributed by atoms with van der Waals surface area (Å²) in [5.74, 6) is 1.53. The summed E-state index contributed by atoms with van der Waals surface area (Å²) < 4.78 is 12.4. The summed E-state index contributed by atoms with van der Waals surface area (Å²) in [6.07, 6.45) is 4.79. The minimum absolute atomic E-state index is 0.259. The number of fused-ring (bicyclic) bond motifs is 1. The van der Waals surface area contributed by atoms with Gasteiger partial charge in [-0.25, -0.2) is 4.98 Å². The molecule has 0 atom stereocenters. The maximum absolute atomic E-state index is 13.4. The SMILES string of the molecule is COc1ccc(CN2C(=O)C(=Cc3c(NCc4ccco4)nc4ccccn4c3=O)SC2=S)cc1. The highest BCUT2D eigenvalue weighted by molar-refractivity contribution is 8.26. The van der Waals surface area contributed by atoms with Crippen molar-refractivity contribution in [3.63, 3.8) is 0 Å². The van der Waals surface area contributed by atoms with Crippen LogP contribution < -0.4 is 15.6 Å². The van der Waals surface area contributed by atoms with Gasteiger partial charge in [0.05, 0.1) is 36.9 Å². The molecule has 1 aliphatic heterocycles. The Balaban J connectivity index is 1.48. The Kier molecular flexibility index (Phi) is 6.39. The number of methoxy groups -OCH3 is 1. The second kappa shape index (κ2) is 9.77. The maximum atomic E-state index is 13.4. The molecular weight excluding hydrogens is 484 g/mol. The first-order valence-corrected chi connectivity index (χ1v) is 11.9. The second-order valence-corrected chi connectivity index (χ2v) is 9.33. The molecule has 1 amide bonds. The largest absolute Gasteiger partial charge is 0.497 e. The molecule has 1 aromatic carbocycles. The van der Waals surface area contributed by atoms with E-state index < -0.39 is 0 Å². The molecule has 3 aromatic heterocycles. The highest BCUT2D eigenvalue weighted by Gasteiger charge is 2.32. The number of benzene rings is 1. The van der Waals surface area contributed by atoms with Crippen LogP contribution in [0.4, 0.5) is 5.82 Å². The fourth-order valence-electron chi connectivity index (χ4n) is 3.63. The van der Waals surface area contributed by atoms with Gasteiger partial charge in [-0.05, 0) is 48.0 Å². The van der Waals surface area contributed by atoms with Crippen molar-refractivity contribution in [1.82, 2.24) is 14.3 Å². The average Bonchev–Trinajstić information content (AvgIpc) is 3.49. The average molecular weight is 505 g/mol. The molecule has 35 heavy (non-hydrogen) atoms. The third-order valence-electron chi connectivity index (χ3n) is 5.43. The summed E-state index contributed by atoms with van der Waals surface area (Å²) in [4.78, 5) is 33.1. The molecule has 176 valence electrons. The Hall–Kier alpha value is -3.89. The van der Waals surface area contributed by atoms with E-state index in [1.54, 1.807) is 43.8 Å². The minimum atomic E-state index is -0.294. The predicted octanol–water partition coefficient (Wildman–Crippen LogP) is 4.31. The van der Waals surface area contributed by atoms with Crippen LogP contribution in [0.3, 0.4) is 0 Å². The number of amides is 1. The quantitative estimate of drug-likeness (QED) is 0.294. The summed E-state index contributed by atoms with van der Waals surface area (Å²) >= 11 is 6.65. The maximum Gasteiger partial charge on any atom is 0.267 e. The standard InChI is InChI=1S/C25H20N4O4S2/c1-32-17-9-7-16(8-10-17)15-29-24(31)20(35-25(29)34)13-19-22(26-14-18-5-4-12-33-18)27-21-6-2-3-11-28(21)23(19)30/h2-13,26H,14-15H2,1H3. The Morgan fingerprint density at radius 1 is 1.14 bits per heavy atom. The molecule has 8 nitrogen and oxygen atoms in total. The van der Waals surface area contributed by atoms with Crippen molar-refractivity contribution in [1.29, 1.82) is 0 Å². The number of furan rings is 1. The number of nitrogens with zero attached hydrogens (tertiary/aromatic N) is 3. The molecule has 1 fully saturated rings. The number of pyridine rings is 1. The van der Waals surface area contributed by atoms with E-state index in [4.69, 9.17) is 21.4 Å². The zero-order valence-corrected chi connectivity index (χ0v) is 20.3. The molecule has 4 aromatic rings. The Labute approximate surface area is 210 Å². The van der Waals surface area contributed by atoms with Crippen LogP contribution in [0.25, 0.3) is 11.7 Å². The van der Waals surface area contributed by atoms with Crippen molar-refractivity contribution in [3.8, 4) is 5.75 Å². The molecule has 1 N–H and O–H groups in total. The number of nitrogens with one attached hydrogen (secondary N) is 1. The van der Waals surface area contributed by atoms with Crippen LogP contribution in [0.2, 0.25) is 0 Å². The zero-order chi connectivity index (χ0) is 24.4. The van der Waals surface area contributed by atoms with E-state index in [0.717, 1.165) is 23.1 Å². The van der Waals surface area contributed by atoms with E-state index in [-0.39, 0.29) is 17.0 Å².